The summed E-state index contributed by atoms with van der Waals surface area (Å²) in [5.41, 5.74) is 2.40. The molecule has 0 radical (unpaired) electrons. The molecule has 0 unspecified atom stereocenters. The van der Waals surface area contributed by atoms with Gasteiger partial charge in [-0.3, -0.25) is 4.79 Å². The van der Waals surface area contributed by atoms with Crippen molar-refractivity contribution in [2.24, 2.45) is 0 Å². The summed E-state index contributed by atoms with van der Waals surface area (Å²) in [7, 11) is 1.58. The number of amides is 1. The molecule has 0 saturated carbocycles. The molecule has 22 heavy (non-hydrogen) atoms. The average molecular weight is 303 g/mol. The monoisotopic (exact) mass is 303 g/mol. The van der Waals surface area contributed by atoms with Crippen LogP contribution < -0.4 is 10.1 Å². The van der Waals surface area contributed by atoms with Crippen LogP contribution in [0.4, 0.5) is 0 Å². The maximum atomic E-state index is 11.8. The molecular formula is C17H21NO4. The molecule has 0 fully saturated rings. The lowest BCUT2D eigenvalue weighted by atomic mass is 10.1. The van der Waals surface area contributed by atoms with Gasteiger partial charge < -0.3 is 19.2 Å². The van der Waals surface area contributed by atoms with E-state index in [0.29, 0.717) is 18.9 Å². The number of carbonyl (C=O) groups excluding carboxylic acids is 1. The van der Waals surface area contributed by atoms with E-state index in [-0.39, 0.29) is 18.3 Å². The Balaban J connectivity index is 1.88. The number of ether oxygens (including phenoxy) is 2. The molecule has 0 bridgehead atoms. The Bertz CT molecular complexity index is 633. The summed E-state index contributed by atoms with van der Waals surface area (Å²) in [5.74, 6) is 1.41. The summed E-state index contributed by atoms with van der Waals surface area (Å²) >= 11 is 0. The number of methoxy groups -OCH3 is 1. The van der Waals surface area contributed by atoms with Crippen LogP contribution in [0.25, 0.3) is 0 Å². The second-order valence-electron chi connectivity index (χ2n) is 5.05. The summed E-state index contributed by atoms with van der Waals surface area (Å²) in [4.78, 5) is 11.8. The van der Waals surface area contributed by atoms with Crippen molar-refractivity contribution in [1.29, 1.82) is 0 Å². The fourth-order valence-corrected chi connectivity index (χ4v) is 1.89. The van der Waals surface area contributed by atoms with E-state index < -0.39 is 0 Å². The molecule has 0 saturated heterocycles. The van der Waals surface area contributed by atoms with E-state index in [4.69, 9.17) is 13.9 Å². The van der Waals surface area contributed by atoms with Crippen LogP contribution in [0.3, 0.4) is 0 Å². The normalized spacial score (nSPS) is 10.5. The molecule has 1 aromatic heterocycles. The summed E-state index contributed by atoms with van der Waals surface area (Å²) < 4.78 is 16.0. The third kappa shape index (κ3) is 4.36. The van der Waals surface area contributed by atoms with Crippen LogP contribution >= 0.6 is 0 Å². The Morgan fingerprint density at radius 3 is 2.73 bits per heavy atom. The number of benzene rings is 1. The van der Waals surface area contributed by atoms with E-state index in [1.165, 1.54) is 11.1 Å². The standard InChI is InChI=1S/C17H21NO4/c1-12-4-5-14(10-13(12)2)21-11-15-6-7-16(22-15)17(19)18-8-9-20-3/h4-7,10H,8-9,11H2,1-3H3,(H,18,19). The second-order valence-corrected chi connectivity index (χ2v) is 5.05. The van der Waals surface area contributed by atoms with Crippen molar-refractivity contribution in [2.45, 2.75) is 20.5 Å². The smallest absolute Gasteiger partial charge is 0.287 e. The van der Waals surface area contributed by atoms with Crippen LogP contribution in [0.1, 0.15) is 27.4 Å². The van der Waals surface area contributed by atoms with E-state index in [1.54, 1.807) is 19.2 Å². The molecule has 0 aliphatic rings. The van der Waals surface area contributed by atoms with E-state index >= 15 is 0 Å². The van der Waals surface area contributed by atoms with Gasteiger partial charge in [0.1, 0.15) is 18.1 Å². The van der Waals surface area contributed by atoms with Gasteiger partial charge >= 0.3 is 0 Å². The summed E-state index contributed by atoms with van der Waals surface area (Å²) in [6.07, 6.45) is 0. The number of nitrogens with one attached hydrogen (secondary N) is 1. The molecule has 0 spiro atoms. The number of carbonyl (C=O) groups is 1. The lowest BCUT2D eigenvalue weighted by molar-refractivity contribution is 0.0905. The summed E-state index contributed by atoms with van der Waals surface area (Å²) in [6.45, 7) is 5.30. The first-order valence-electron chi connectivity index (χ1n) is 7.16. The molecule has 0 aliphatic heterocycles. The van der Waals surface area contributed by atoms with Crippen LogP contribution in [0.5, 0.6) is 5.75 Å². The largest absolute Gasteiger partial charge is 0.486 e. The van der Waals surface area contributed by atoms with Crippen molar-refractivity contribution in [3.05, 3.63) is 53.0 Å². The van der Waals surface area contributed by atoms with Gasteiger partial charge in [-0.25, -0.2) is 0 Å². The number of furan rings is 1. The quantitative estimate of drug-likeness (QED) is 0.799. The lowest BCUT2D eigenvalue weighted by Gasteiger charge is -2.07. The Morgan fingerprint density at radius 2 is 2.00 bits per heavy atom. The van der Waals surface area contributed by atoms with Crippen molar-refractivity contribution >= 4 is 5.91 Å². The highest BCUT2D eigenvalue weighted by molar-refractivity contribution is 5.91. The molecule has 1 aromatic carbocycles. The highest BCUT2D eigenvalue weighted by Crippen LogP contribution is 2.18. The van der Waals surface area contributed by atoms with Crippen LogP contribution in [0, 0.1) is 13.8 Å². The van der Waals surface area contributed by atoms with Gasteiger partial charge in [0.2, 0.25) is 0 Å². The van der Waals surface area contributed by atoms with Gasteiger partial charge in [0.05, 0.1) is 6.61 Å². The molecule has 1 N–H and O–H groups in total. The van der Waals surface area contributed by atoms with Crippen molar-refractivity contribution in [3.63, 3.8) is 0 Å². The van der Waals surface area contributed by atoms with Crippen LogP contribution in [-0.2, 0) is 11.3 Å². The van der Waals surface area contributed by atoms with Gasteiger partial charge in [0.15, 0.2) is 5.76 Å². The van der Waals surface area contributed by atoms with Crippen LogP contribution in [0.15, 0.2) is 34.7 Å². The van der Waals surface area contributed by atoms with E-state index in [9.17, 15) is 4.79 Å². The Kier molecular flexibility index (Phi) is 5.61. The fraction of sp³-hybridized carbons (Fsp3) is 0.353. The zero-order chi connectivity index (χ0) is 15.9. The summed E-state index contributed by atoms with van der Waals surface area (Å²) in [6, 6.07) is 9.30. The molecule has 1 heterocycles. The van der Waals surface area contributed by atoms with E-state index in [0.717, 1.165) is 5.75 Å². The van der Waals surface area contributed by atoms with Crippen molar-refractivity contribution in [3.8, 4) is 5.75 Å². The number of aryl methyl sites for hydroxylation is 2. The average Bonchev–Trinajstić information content (AvgIpc) is 2.98. The molecule has 2 rings (SSSR count). The zero-order valence-electron chi connectivity index (χ0n) is 13.1. The summed E-state index contributed by atoms with van der Waals surface area (Å²) in [5, 5.41) is 2.70. The Hall–Kier alpha value is -2.27. The second kappa shape index (κ2) is 7.66. The lowest BCUT2D eigenvalue weighted by Crippen LogP contribution is -2.26. The first kappa shape index (κ1) is 16.1. The van der Waals surface area contributed by atoms with Gasteiger partial charge in [-0.15, -0.1) is 0 Å². The molecule has 1 amide bonds. The predicted octanol–water partition coefficient (Wildman–Crippen LogP) is 2.85. The topological polar surface area (TPSA) is 60.7 Å². The van der Waals surface area contributed by atoms with Gasteiger partial charge in [0.25, 0.3) is 5.91 Å². The molecule has 5 nitrogen and oxygen atoms in total. The molecule has 0 atom stereocenters. The predicted molar refractivity (Wildman–Crippen MR) is 83.2 cm³/mol. The molecule has 0 aliphatic carbocycles. The SMILES string of the molecule is COCCNC(=O)c1ccc(COc2ccc(C)c(C)c2)o1. The first-order valence-corrected chi connectivity index (χ1v) is 7.16. The van der Waals surface area contributed by atoms with Crippen molar-refractivity contribution < 1.29 is 18.7 Å². The minimum Gasteiger partial charge on any atom is -0.486 e. The minimum absolute atomic E-state index is 0.255. The van der Waals surface area contributed by atoms with E-state index in [2.05, 4.69) is 12.2 Å². The van der Waals surface area contributed by atoms with Crippen LogP contribution in [0.2, 0.25) is 0 Å². The number of rotatable bonds is 7. The van der Waals surface area contributed by atoms with Crippen LogP contribution in [-0.4, -0.2) is 26.2 Å². The minimum atomic E-state index is -0.255. The molecule has 5 heteroatoms. The Labute approximate surface area is 130 Å². The van der Waals surface area contributed by atoms with Gasteiger partial charge in [0, 0.05) is 13.7 Å². The van der Waals surface area contributed by atoms with Gasteiger partial charge in [-0.1, -0.05) is 6.07 Å². The highest BCUT2D eigenvalue weighted by Gasteiger charge is 2.11. The van der Waals surface area contributed by atoms with Crippen molar-refractivity contribution in [2.75, 3.05) is 20.3 Å². The molecule has 2 aromatic rings. The number of hydrogen-bond acceptors (Lipinski definition) is 4. The molecular weight excluding hydrogens is 282 g/mol. The maximum absolute atomic E-state index is 11.8. The van der Waals surface area contributed by atoms with Gasteiger partial charge in [-0.05, 0) is 49.2 Å². The van der Waals surface area contributed by atoms with E-state index in [1.807, 2.05) is 25.1 Å². The third-order valence-corrected chi connectivity index (χ3v) is 3.34. The Morgan fingerprint density at radius 1 is 1.18 bits per heavy atom. The number of hydrogen-bond donors (Lipinski definition) is 1. The third-order valence-electron chi connectivity index (χ3n) is 3.34. The zero-order valence-corrected chi connectivity index (χ0v) is 13.1. The maximum Gasteiger partial charge on any atom is 0.287 e. The fourth-order valence-electron chi connectivity index (χ4n) is 1.89. The molecule has 118 valence electrons. The van der Waals surface area contributed by atoms with Crippen molar-refractivity contribution in [1.82, 2.24) is 5.32 Å². The first-order chi connectivity index (χ1) is 10.6. The highest BCUT2D eigenvalue weighted by atomic mass is 16.5. The van der Waals surface area contributed by atoms with Gasteiger partial charge in [-0.2, -0.15) is 0 Å².